The molecular weight excluding hydrogens is 354 g/mol. The number of pyridine rings is 1. The Morgan fingerprint density at radius 1 is 1.24 bits per heavy atom. The summed E-state index contributed by atoms with van der Waals surface area (Å²) in [5, 5.41) is 2.82. The minimum absolute atomic E-state index is 0.184. The van der Waals surface area contributed by atoms with Crippen LogP contribution in [0.25, 0.3) is 0 Å². The molecule has 1 unspecified atom stereocenters. The molecule has 0 aliphatic carbocycles. The maximum Gasteiger partial charge on any atom is 0.241 e. The molecule has 1 aromatic carbocycles. The number of benzene rings is 1. The monoisotopic (exact) mass is 369 g/mol. The first-order chi connectivity index (χ1) is 9.92. The van der Waals surface area contributed by atoms with Crippen LogP contribution >= 0.6 is 15.9 Å². The molecule has 2 aromatic rings. The van der Waals surface area contributed by atoms with Crippen LogP contribution in [-0.2, 0) is 10.0 Å². The van der Waals surface area contributed by atoms with Crippen molar-refractivity contribution in [3.63, 3.8) is 0 Å². The summed E-state index contributed by atoms with van der Waals surface area (Å²) in [6.45, 7) is 1.81. The molecule has 0 bridgehead atoms. The van der Waals surface area contributed by atoms with Crippen LogP contribution in [0.2, 0.25) is 0 Å². The SMILES string of the molecule is CNc1cc(S(=O)(=O)NC(C)c2cccc(Br)c2)ccn1. The Hall–Kier alpha value is -1.44. The van der Waals surface area contributed by atoms with Crippen molar-refractivity contribution in [1.29, 1.82) is 0 Å². The minimum Gasteiger partial charge on any atom is -0.373 e. The highest BCUT2D eigenvalue weighted by molar-refractivity contribution is 9.10. The third kappa shape index (κ3) is 4.03. The van der Waals surface area contributed by atoms with Gasteiger partial charge in [0, 0.05) is 29.8 Å². The van der Waals surface area contributed by atoms with Crippen LogP contribution in [0.5, 0.6) is 0 Å². The Balaban J connectivity index is 2.24. The van der Waals surface area contributed by atoms with Gasteiger partial charge in [0.25, 0.3) is 0 Å². The minimum atomic E-state index is -3.60. The normalized spacial score (nSPS) is 12.9. The van der Waals surface area contributed by atoms with Gasteiger partial charge >= 0.3 is 0 Å². The molecule has 2 N–H and O–H groups in total. The van der Waals surface area contributed by atoms with E-state index in [4.69, 9.17) is 0 Å². The van der Waals surface area contributed by atoms with Crippen LogP contribution in [0.15, 0.2) is 52.0 Å². The lowest BCUT2D eigenvalue weighted by molar-refractivity contribution is 0.567. The lowest BCUT2D eigenvalue weighted by Gasteiger charge is -2.15. The average molecular weight is 370 g/mol. The summed E-state index contributed by atoms with van der Waals surface area (Å²) in [7, 11) is -1.91. The zero-order valence-corrected chi connectivity index (χ0v) is 14.1. The highest BCUT2D eigenvalue weighted by Gasteiger charge is 2.19. The van der Waals surface area contributed by atoms with Crippen LogP contribution in [0, 0.1) is 0 Å². The first-order valence-corrected chi connectivity index (χ1v) is 8.61. The fraction of sp³-hybridized carbons (Fsp3) is 0.214. The maximum absolute atomic E-state index is 12.4. The van der Waals surface area contributed by atoms with E-state index >= 15 is 0 Å². The molecule has 1 atom stereocenters. The number of hydrogen-bond donors (Lipinski definition) is 2. The number of sulfonamides is 1. The van der Waals surface area contributed by atoms with E-state index in [-0.39, 0.29) is 10.9 Å². The Labute approximate surface area is 133 Å². The number of aromatic nitrogens is 1. The zero-order valence-electron chi connectivity index (χ0n) is 11.7. The first kappa shape index (κ1) is 15.9. The van der Waals surface area contributed by atoms with Crippen molar-refractivity contribution in [2.24, 2.45) is 0 Å². The number of hydrogen-bond acceptors (Lipinski definition) is 4. The van der Waals surface area contributed by atoms with Crippen LogP contribution in [0.3, 0.4) is 0 Å². The third-order valence-electron chi connectivity index (χ3n) is 2.98. The molecule has 112 valence electrons. The molecule has 0 radical (unpaired) electrons. The van der Waals surface area contributed by atoms with Crippen LogP contribution in [0.1, 0.15) is 18.5 Å². The van der Waals surface area contributed by atoms with Gasteiger partial charge in [0.2, 0.25) is 10.0 Å². The Morgan fingerprint density at radius 2 is 2.00 bits per heavy atom. The summed E-state index contributed by atoms with van der Waals surface area (Å²) >= 11 is 3.38. The molecule has 0 spiro atoms. The molecule has 0 aliphatic heterocycles. The fourth-order valence-electron chi connectivity index (χ4n) is 1.86. The van der Waals surface area contributed by atoms with Crippen molar-refractivity contribution in [2.45, 2.75) is 17.9 Å². The number of anilines is 1. The molecule has 7 heteroatoms. The van der Waals surface area contributed by atoms with Crippen LogP contribution < -0.4 is 10.0 Å². The van der Waals surface area contributed by atoms with Crippen molar-refractivity contribution in [1.82, 2.24) is 9.71 Å². The van der Waals surface area contributed by atoms with Gasteiger partial charge in [0.05, 0.1) is 4.90 Å². The molecule has 0 aliphatic rings. The van der Waals surface area contributed by atoms with E-state index in [0.717, 1.165) is 10.0 Å². The van der Waals surface area contributed by atoms with Gasteiger partial charge in [-0.25, -0.2) is 18.1 Å². The molecular formula is C14H16BrN3O2S. The summed E-state index contributed by atoms with van der Waals surface area (Å²) in [5.41, 5.74) is 0.885. The van der Waals surface area contributed by atoms with Crippen LogP contribution in [-0.4, -0.2) is 20.4 Å². The smallest absolute Gasteiger partial charge is 0.241 e. The topological polar surface area (TPSA) is 71.1 Å². The van der Waals surface area contributed by atoms with Gasteiger partial charge in [-0.3, -0.25) is 0 Å². The van der Waals surface area contributed by atoms with Gasteiger partial charge in [-0.1, -0.05) is 28.1 Å². The van der Waals surface area contributed by atoms with E-state index in [1.165, 1.54) is 18.3 Å². The van der Waals surface area contributed by atoms with E-state index in [1.807, 2.05) is 24.3 Å². The first-order valence-electron chi connectivity index (χ1n) is 6.34. The zero-order chi connectivity index (χ0) is 15.5. The van der Waals surface area contributed by atoms with E-state index in [2.05, 4.69) is 31.0 Å². The van der Waals surface area contributed by atoms with Crippen molar-refractivity contribution < 1.29 is 8.42 Å². The van der Waals surface area contributed by atoms with E-state index in [9.17, 15) is 8.42 Å². The quantitative estimate of drug-likeness (QED) is 0.849. The maximum atomic E-state index is 12.4. The second kappa shape index (κ2) is 6.55. The number of nitrogens with one attached hydrogen (secondary N) is 2. The molecule has 0 fully saturated rings. The molecule has 1 heterocycles. The molecule has 0 saturated carbocycles. The van der Waals surface area contributed by atoms with Gasteiger partial charge in [0.15, 0.2) is 0 Å². The Kier molecular flexibility index (Phi) is 4.97. The summed E-state index contributed by atoms with van der Waals surface area (Å²) in [6, 6.07) is 10.2. The molecule has 1 aromatic heterocycles. The standard InChI is InChI=1S/C14H16BrN3O2S/c1-10(11-4-3-5-12(15)8-11)18-21(19,20)13-6-7-17-14(9-13)16-2/h3-10,18H,1-2H3,(H,16,17). The molecule has 2 rings (SSSR count). The van der Waals surface area contributed by atoms with Crippen molar-refractivity contribution in [3.05, 3.63) is 52.6 Å². The third-order valence-corrected chi connectivity index (χ3v) is 5.01. The molecule has 21 heavy (non-hydrogen) atoms. The van der Waals surface area contributed by atoms with Crippen molar-refractivity contribution >= 4 is 31.8 Å². The second-order valence-electron chi connectivity index (χ2n) is 4.52. The van der Waals surface area contributed by atoms with Gasteiger partial charge in [-0.05, 0) is 30.7 Å². The average Bonchev–Trinajstić information content (AvgIpc) is 2.47. The Bertz CT molecular complexity index is 735. The highest BCUT2D eigenvalue weighted by Crippen LogP contribution is 2.20. The van der Waals surface area contributed by atoms with Gasteiger partial charge < -0.3 is 5.32 Å². The molecule has 5 nitrogen and oxygen atoms in total. The lowest BCUT2D eigenvalue weighted by atomic mass is 10.1. The van der Waals surface area contributed by atoms with Gasteiger partial charge in [0.1, 0.15) is 5.82 Å². The van der Waals surface area contributed by atoms with Crippen LogP contribution in [0.4, 0.5) is 5.82 Å². The van der Waals surface area contributed by atoms with E-state index < -0.39 is 10.0 Å². The summed E-state index contributed by atoms with van der Waals surface area (Å²) in [6.07, 6.45) is 1.46. The van der Waals surface area contributed by atoms with Gasteiger partial charge in [-0.2, -0.15) is 0 Å². The number of halogens is 1. The van der Waals surface area contributed by atoms with E-state index in [0.29, 0.717) is 5.82 Å². The fourth-order valence-corrected chi connectivity index (χ4v) is 3.52. The van der Waals surface area contributed by atoms with Gasteiger partial charge in [-0.15, -0.1) is 0 Å². The second-order valence-corrected chi connectivity index (χ2v) is 7.15. The summed E-state index contributed by atoms with van der Waals surface area (Å²) in [4.78, 5) is 4.19. The largest absolute Gasteiger partial charge is 0.373 e. The van der Waals surface area contributed by atoms with Crippen molar-refractivity contribution in [3.8, 4) is 0 Å². The Morgan fingerprint density at radius 3 is 2.67 bits per heavy atom. The number of nitrogens with zero attached hydrogens (tertiary/aromatic N) is 1. The predicted octanol–water partition coefficient (Wildman–Crippen LogP) is 2.93. The predicted molar refractivity (Wildman–Crippen MR) is 86.7 cm³/mol. The highest BCUT2D eigenvalue weighted by atomic mass is 79.9. The molecule has 0 saturated heterocycles. The number of rotatable bonds is 5. The van der Waals surface area contributed by atoms with E-state index in [1.54, 1.807) is 14.0 Å². The molecule has 0 amide bonds. The summed E-state index contributed by atoms with van der Waals surface area (Å²) in [5.74, 6) is 0.507. The van der Waals surface area contributed by atoms with Crippen molar-refractivity contribution in [2.75, 3.05) is 12.4 Å². The summed E-state index contributed by atoms with van der Waals surface area (Å²) < 4.78 is 28.4. The lowest BCUT2D eigenvalue weighted by Crippen LogP contribution is -2.27.